The molecule has 6 nitrogen and oxygen atoms in total. The third-order valence-electron chi connectivity index (χ3n) is 3.61. The largest absolute Gasteiger partial charge is 0.272 e. The van der Waals surface area contributed by atoms with Crippen LogP contribution < -0.4 is 10.9 Å². The van der Waals surface area contributed by atoms with Crippen LogP contribution in [0.2, 0.25) is 0 Å². The first kappa shape index (κ1) is 18.7. The zero-order valence-corrected chi connectivity index (χ0v) is 15.2. The molecule has 1 heterocycles. The summed E-state index contributed by atoms with van der Waals surface area (Å²) in [5.41, 5.74) is 2.43. The molecule has 0 aliphatic rings. The Hall–Kier alpha value is -2.59. The summed E-state index contributed by atoms with van der Waals surface area (Å²) in [7, 11) is 0. The second-order valence-corrected chi connectivity index (χ2v) is 6.24. The predicted octanol–water partition coefficient (Wildman–Crippen LogP) is 2.79. The van der Waals surface area contributed by atoms with Crippen LogP contribution in [-0.4, -0.2) is 27.7 Å². The normalized spacial score (nSPS) is 11.2. The van der Waals surface area contributed by atoms with Crippen molar-refractivity contribution in [1.82, 2.24) is 15.1 Å². The summed E-state index contributed by atoms with van der Waals surface area (Å²) < 4.78 is 1.53. The second kappa shape index (κ2) is 9.64. The van der Waals surface area contributed by atoms with Crippen molar-refractivity contribution in [3.8, 4) is 17.5 Å². The number of nitrogens with one attached hydrogen (secondary N) is 1. The van der Waals surface area contributed by atoms with E-state index in [0.717, 1.165) is 24.1 Å². The number of aryl methyl sites for hydroxylation is 2. The van der Waals surface area contributed by atoms with Crippen LogP contribution in [0.1, 0.15) is 18.4 Å². The van der Waals surface area contributed by atoms with E-state index in [1.54, 1.807) is 0 Å². The van der Waals surface area contributed by atoms with Crippen molar-refractivity contribution in [1.29, 1.82) is 5.26 Å². The second-order valence-electron chi connectivity index (χ2n) is 5.44. The maximum Gasteiger partial charge on any atom is 0.269 e. The van der Waals surface area contributed by atoms with Crippen molar-refractivity contribution in [2.24, 2.45) is 4.99 Å². The molecule has 0 saturated carbocycles. The summed E-state index contributed by atoms with van der Waals surface area (Å²) in [6.07, 6.45) is 5.34. The first-order valence-corrected chi connectivity index (χ1v) is 9.26. The van der Waals surface area contributed by atoms with Crippen molar-refractivity contribution in [3.05, 3.63) is 52.3 Å². The van der Waals surface area contributed by atoms with Gasteiger partial charge in [0.2, 0.25) is 0 Å². The van der Waals surface area contributed by atoms with Gasteiger partial charge in [0.05, 0.1) is 5.69 Å². The van der Waals surface area contributed by atoms with Gasteiger partial charge in [-0.2, -0.15) is 10.4 Å². The Balaban J connectivity index is 2.02. The van der Waals surface area contributed by atoms with Gasteiger partial charge in [-0.1, -0.05) is 42.1 Å². The summed E-state index contributed by atoms with van der Waals surface area (Å²) in [6, 6.07) is 11.7. The number of aliphatic imine (C=N–C) groups is 1. The van der Waals surface area contributed by atoms with Gasteiger partial charge < -0.3 is 0 Å². The van der Waals surface area contributed by atoms with Gasteiger partial charge in [0.1, 0.15) is 0 Å². The molecule has 0 atom stereocenters. The SMILES string of the molecule is CSC(=NCCCCn1nc(-c2ccccc2)cc(C)c1=O)NC#N. The van der Waals surface area contributed by atoms with Gasteiger partial charge >= 0.3 is 0 Å². The van der Waals surface area contributed by atoms with Gasteiger partial charge in [0, 0.05) is 24.2 Å². The molecule has 0 aliphatic carbocycles. The van der Waals surface area contributed by atoms with Gasteiger partial charge in [0.25, 0.3) is 5.56 Å². The number of unbranched alkanes of at least 4 members (excludes halogenated alkanes) is 1. The summed E-state index contributed by atoms with van der Waals surface area (Å²) in [4.78, 5) is 16.6. The molecule has 0 bridgehead atoms. The topological polar surface area (TPSA) is 83.1 Å². The first-order chi connectivity index (χ1) is 12.2. The zero-order valence-electron chi connectivity index (χ0n) is 14.4. The molecule has 0 unspecified atom stereocenters. The minimum atomic E-state index is -0.0564. The first-order valence-electron chi connectivity index (χ1n) is 8.03. The Bertz CT molecular complexity index is 824. The highest BCUT2D eigenvalue weighted by Crippen LogP contribution is 2.15. The van der Waals surface area contributed by atoms with E-state index in [1.165, 1.54) is 16.4 Å². The molecule has 0 radical (unpaired) electrons. The Kier molecular flexibility index (Phi) is 7.23. The molecule has 0 fully saturated rings. The highest BCUT2D eigenvalue weighted by Gasteiger charge is 2.07. The van der Waals surface area contributed by atoms with Crippen LogP contribution in [0.4, 0.5) is 0 Å². The molecule has 1 N–H and O–H groups in total. The molecule has 1 aromatic carbocycles. The Morgan fingerprint density at radius 1 is 1.36 bits per heavy atom. The molecule has 2 rings (SSSR count). The smallest absolute Gasteiger partial charge is 0.269 e. The highest BCUT2D eigenvalue weighted by atomic mass is 32.2. The quantitative estimate of drug-likeness (QED) is 0.283. The molecule has 2 aromatic rings. The number of nitrogens with zero attached hydrogens (tertiary/aromatic N) is 4. The number of aromatic nitrogens is 2. The lowest BCUT2D eigenvalue weighted by Gasteiger charge is -2.09. The molecule has 130 valence electrons. The lowest BCUT2D eigenvalue weighted by molar-refractivity contribution is 0.535. The molecule has 7 heteroatoms. The predicted molar refractivity (Wildman–Crippen MR) is 102 cm³/mol. The fraction of sp³-hybridized carbons (Fsp3) is 0.333. The summed E-state index contributed by atoms with van der Waals surface area (Å²) >= 11 is 1.40. The minimum absolute atomic E-state index is 0.0564. The van der Waals surface area contributed by atoms with Crippen molar-refractivity contribution in [2.75, 3.05) is 12.8 Å². The van der Waals surface area contributed by atoms with Crippen molar-refractivity contribution in [2.45, 2.75) is 26.3 Å². The summed E-state index contributed by atoms with van der Waals surface area (Å²) in [5.74, 6) is 0. The Morgan fingerprint density at radius 2 is 2.12 bits per heavy atom. The average molecular weight is 355 g/mol. The molecule has 0 saturated heterocycles. The van der Waals surface area contributed by atoms with E-state index in [9.17, 15) is 4.79 Å². The standard InChI is InChI=1S/C18H21N5OS/c1-14-12-16(15-8-4-3-5-9-15)22-23(17(14)24)11-7-6-10-20-18(25-2)21-13-19/h3-5,8-9,12H,6-7,10-11H2,1-2H3,(H,20,21). The van der Waals surface area contributed by atoms with Crippen LogP contribution in [0.5, 0.6) is 0 Å². The molecule has 1 aromatic heterocycles. The maximum absolute atomic E-state index is 12.3. The number of thioether (sulfide) groups is 1. The van der Waals surface area contributed by atoms with Gasteiger partial charge in [-0.15, -0.1) is 0 Å². The number of hydrogen-bond donors (Lipinski definition) is 1. The number of rotatable bonds is 6. The Labute approximate surface area is 151 Å². The fourth-order valence-electron chi connectivity index (χ4n) is 2.33. The van der Waals surface area contributed by atoms with Crippen LogP contribution in [0.3, 0.4) is 0 Å². The van der Waals surface area contributed by atoms with Gasteiger partial charge in [-0.25, -0.2) is 4.68 Å². The lowest BCUT2D eigenvalue weighted by Crippen LogP contribution is -2.25. The lowest BCUT2D eigenvalue weighted by atomic mass is 10.1. The minimum Gasteiger partial charge on any atom is -0.272 e. The van der Waals surface area contributed by atoms with Gasteiger partial charge in [0.15, 0.2) is 11.4 Å². The third kappa shape index (κ3) is 5.47. The monoisotopic (exact) mass is 355 g/mol. The van der Waals surface area contributed by atoms with Crippen molar-refractivity contribution >= 4 is 16.9 Å². The van der Waals surface area contributed by atoms with E-state index in [1.807, 2.05) is 55.8 Å². The summed E-state index contributed by atoms with van der Waals surface area (Å²) in [5, 5.41) is 16.2. The maximum atomic E-state index is 12.3. The number of hydrogen-bond acceptors (Lipinski definition) is 5. The fourth-order valence-corrected chi connectivity index (χ4v) is 2.70. The van der Waals surface area contributed by atoms with Crippen LogP contribution in [0.25, 0.3) is 11.3 Å². The van der Waals surface area contributed by atoms with E-state index in [0.29, 0.717) is 23.8 Å². The molecule has 0 aliphatic heterocycles. The van der Waals surface area contributed by atoms with Gasteiger partial charge in [-0.3, -0.25) is 15.1 Å². The van der Waals surface area contributed by atoms with Crippen molar-refractivity contribution < 1.29 is 0 Å². The van der Waals surface area contributed by atoms with Crippen LogP contribution in [0, 0.1) is 18.4 Å². The van der Waals surface area contributed by atoms with E-state index in [4.69, 9.17) is 5.26 Å². The molecule has 25 heavy (non-hydrogen) atoms. The summed E-state index contributed by atoms with van der Waals surface area (Å²) in [6.45, 7) is 2.97. The van der Waals surface area contributed by atoms with Gasteiger partial charge in [-0.05, 0) is 32.1 Å². The van der Waals surface area contributed by atoms with Crippen LogP contribution in [-0.2, 0) is 6.54 Å². The number of nitriles is 1. The zero-order chi connectivity index (χ0) is 18.1. The highest BCUT2D eigenvalue weighted by molar-refractivity contribution is 8.13. The molecule has 0 amide bonds. The van der Waals surface area contributed by atoms with E-state index in [2.05, 4.69) is 15.4 Å². The Morgan fingerprint density at radius 3 is 2.80 bits per heavy atom. The average Bonchev–Trinajstić information content (AvgIpc) is 2.64. The molecular formula is C18H21N5OS. The molecule has 0 spiro atoms. The van der Waals surface area contributed by atoms with Crippen LogP contribution in [0.15, 0.2) is 46.2 Å². The van der Waals surface area contributed by atoms with Crippen molar-refractivity contribution in [3.63, 3.8) is 0 Å². The third-order valence-corrected chi connectivity index (χ3v) is 4.23. The van der Waals surface area contributed by atoms with Crippen LogP contribution >= 0.6 is 11.8 Å². The number of amidine groups is 1. The molecular weight excluding hydrogens is 334 g/mol. The number of benzene rings is 1. The van der Waals surface area contributed by atoms with E-state index in [-0.39, 0.29) is 5.56 Å². The van der Waals surface area contributed by atoms with E-state index >= 15 is 0 Å². The van der Waals surface area contributed by atoms with E-state index < -0.39 is 0 Å².